The monoisotopic (exact) mass is 695 g/mol. The van der Waals surface area contributed by atoms with E-state index in [4.69, 9.17) is 20.5 Å². The number of carboxylic acids is 1. The number of Topliss-reactive ketones (excluding diaryl/α,β-unsaturated/α-hetero) is 2. The lowest BCUT2D eigenvalue weighted by Crippen LogP contribution is -2.45. The highest BCUT2D eigenvalue weighted by Crippen LogP contribution is 2.55. The van der Waals surface area contributed by atoms with E-state index in [0.29, 0.717) is 40.1 Å². The first-order valence-electron chi connectivity index (χ1n) is 16.1. The van der Waals surface area contributed by atoms with Gasteiger partial charge in [0, 0.05) is 58.4 Å². The molecule has 0 spiro atoms. The molecule has 0 unspecified atom stereocenters. The fraction of sp³-hybridized carbons (Fsp3) is 0.432. The smallest absolute Gasteiger partial charge is 0.339 e. The average molecular weight is 696 g/mol. The van der Waals surface area contributed by atoms with Crippen LogP contribution in [0, 0.1) is 10.8 Å². The van der Waals surface area contributed by atoms with Crippen molar-refractivity contribution in [1.82, 2.24) is 4.90 Å². The van der Waals surface area contributed by atoms with Gasteiger partial charge in [-0.15, -0.1) is 6.58 Å². The number of benzene rings is 2. The Labute approximate surface area is 287 Å². The van der Waals surface area contributed by atoms with Gasteiger partial charge < -0.3 is 18.9 Å². The van der Waals surface area contributed by atoms with Crippen molar-refractivity contribution in [3.63, 3.8) is 0 Å². The van der Waals surface area contributed by atoms with Crippen LogP contribution in [-0.4, -0.2) is 49.1 Å². The molecule has 1 heterocycles. The fourth-order valence-electron chi connectivity index (χ4n) is 7.13. The molecule has 1 N–H and O–H groups in total. The summed E-state index contributed by atoms with van der Waals surface area (Å²) < 4.78 is 38.7. The largest absolute Gasteiger partial charge is 0.490 e. The summed E-state index contributed by atoms with van der Waals surface area (Å²) in [5.74, 6) is -1.80. The molecular weight excluding hydrogens is 654 g/mol. The first-order chi connectivity index (χ1) is 22.5. The van der Waals surface area contributed by atoms with Gasteiger partial charge in [-0.3, -0.25) is 14.4 Å². The predicted octanol–water partition coefficient (Wildman–Crippen LogP) is 7.40. The lowest BCUT2D eigenvalue weighted by Gasteiger charge is -2.49. The maximum absolute atomic E-state index is 14.2. The zero-order valence-corrected chi connectivity index (χ0v) is 29.6. The Balaban J connectivity index is 1.76. The molecule has 5 rings (SSSR count). The lowest BCUT2D eigenvalue weighted by atomic mass is 9.63. The van der Waals surface area contributed by atoms with Crippen molar-refractivity contribution in [3.8, 4) is 11.5 Å². The zero-order valence-electron chi connectivity index (χ0n) is 28.0. The van der Waals surface area contributed by atoms with Gasteiger partial charge in [-0.1, -0.05) is 51.4 Å². The Morgan fingerprint density at radius 2 is 1.56 bits per heavy atom. The summed E-state index contributed by atoms with van der Waals surface area (Å²) in [6.07, 6.45) is 3.22. The van der Waals surface area contributed by atoms with Crippen LogP contribution in [0.3, 0.4) is 0 Å². The van der Waals surface area contributed by atoms with E-state index in [1.165, 1.54) is 24.3 Å². The third kappa shape index (κ3) is 7.10. The van der Waals surface area contributed by atoms with Gasteiger partial charge in [-0.2, -0.15) is 8.42 Å². The quantitative estimate of drug-likeness (QED) is 0.189. The van der Waals surface area contributed by atoms with Crippen LogP contribution in [0.15, 0.2) is 76.5 Å². The third-order valence-corrected chi connectivity index (χ3v) is 10.5. The zero-order chi connectivity index (χ0) is 35.2. The Morgan fingerprint density at radius 1 is 1.00 bits per heavy atom. The first-order valence-corrected chi connectivity index (χ1v) is 17.9. The molecule has 0 saturated heterocycles. The van der Waals surface area contributed by atoms with Gasteiger partial charge >= 0.3 is 16.1 Å². The SMILES string of the molecule is C=CCc1cc(C2C3=C(CC(C)(C)CC3=O)N(CCC(=O)O)C3=C2C(=O)CC(C)(C)C3)cc(OCC)c1OS(=O)(=O)c1ccc(Cl)cc1. The second-order valence-electron chi connectivity index (χ2n) is 14.3. The summed E-state index contributed by atoms with van der Waals surface area (Å²) in [5.41, 5.74) is 2.70. The summed E-state index contributed by atoms with van der Waals surface area (Å²) in [6.45, 7) is 14.0. The number of allylic oxidation sites excluding steroid dienone is 5. The maximum atomic E-state index is 14.2. The number of ether oxygens (including phenoxy) is 1. The van der Waals surface area contributed by atoms with Gasteiger partial charge in [-0.25, -0.2) is 0 Å². The van der Waals surface area contributed by atoms with Gasteiger partial charge in [0.25, 0.3) is 0 Å². The number of halogens is 1. The number of rotatable bonds is 11. The minimum absolute atomic E-state index is 0.00930. The van der Waals surface area contributed by atoms with E-state index in [1.54, 1.807) is 25.1 Å². The van der Waals surface area contributed by atoms with Crippen LogP contribution in [0.5, 0.6) is 11.5 Å². The van der Waals surface area contributed by atoms with Gasteiger partial charge in [0.15, 0.2) is 23.1 Å². The van der Waals surface area contributed by atoms with Crippen LogP contribution in [-0.2, 0) is 30.9 Å². The Bertz CT molecular complexity index is 1800. The molecule has 256 valence electrons. The van der Waals surface area contributed by atoms with E-state index in [1.807, 2.05) is 32.6 Å². The summed E-state index contributed by atoms with van der Waals surface area (Å²) in [4.78, 5) is 42.0. The molecule has 48 heavy (non-hydrogen) atoms. The second-order valence-corrected chi connectivity index (χ2v) is 16.2. The number of aliphatic carboxylic acids is 1. The molecule has 0 radical (unpaired) electrons. The summed E-state index contributed by atoms with van der Waals surface area (Å²) in [7, 11) is -4.31. The van der Waals surface area contributed by atoms with Crippen molar-refractivity contribution in [2.75, 3.05) is 13.2 Å². The van der Waals surface area contributed by atoms with Crippen molar-refractivity contribution >= 4 is 39.3 Å². The van der Waals surface area contributed by atoms with E-state index >= 15 is 0 Å². The van der Waals surface area contributed by atoms with E-state index in [9.17, 15) is 27.9 Å². The Kier molecular flexibility index (Phi) is 9.74. The van der Waals surface area contributed by atoms with Crippen molar-refractivity contribution in [2.24, 2.45) is 10.8 Å². The highest BCUT2D eigenvalue weighted by Gasteiger charge is 2.49. The minimum Gasteiger partial charge on any atom is -0.490 e. The molecule has 0 saturated carbocycles. The van der Waals surface area contributed by atoms with Gasteiger partial charge in [0.2, 0.25) is 0 Å². The molecule has 2 aromatic carbocycles. The fourth-order valence-corrected chi connectivity index (χ4v) is 8.23. The van der Waals surface area contributed by atoms with Crippen LogP contribution < -0.4 is 8.92 Å². The van der Waals surface area contributed by atoms with Crippen LogP contribution in [0.1, 0.15) is 83.8 Å². The normalized spacial score (nSPS) is 19.2. The molecule has 0 atom stereocenters. The number of hydrogen-bond acceptors (Lipinski definition) is 8. The highest BCUT2D eigenvalue weighted by molar-refractivity contribution is 7.87. The highest BCUT2D eigenvalue weighted by atomic mass is 35.5. The molecule has 3 aliphatic rings. The lowest BCUT2D eigenvalue weighted by molar-refractivity contribution is -0.137. The predicted molar refractivity (Wildman–Crippen MR) is 183 cm³/mol. The van der Waals surface area contributed by atoms with Gasteiger partial charge in [0.05, 0.1) is 13.0 Å². The Hall–Kier alpha value is -3.89. The molecule has 0 aromatic heterocycles. The molecule has 0 bridgehead atoms. The standard InChI is InChI=1S/C37H42ClNO8S/c1-7-9-22-16-23(17-30(46-8-2)35(22)47-48(44,45)25-12-10-24(38)11-13-25)32-33-26(18-36(3,4)20-28(33)40)39(15-14-31(42)43)27-19-37(5,6)21-29(41)34(27)32/h7,10-13,16-17,32H,1,8-9,14-15,18-21H2,2-6H3,(H,42,43). The van der Waals surface area contributed by atoms with Crippen molar-refractivity contribution in [1.29, 1.82) is 0 Å². The molecule has 2 aromatic rings. The van der Waals surface area contributed by atoms with Crippen molar-refractivity contribution in [2.45, 2.75) is 84.0 Å². The number of carboxylic acid groups (broad SMARTS) is 1. The topological polar surface area (TPSA) is 127 Å². The minimum atomic E-state index is -4.31. The van der Waals surface area contributed by atoms with Crippen LogP contribution in [0.2, 0.25) is 5.02 Å². The number of nitrogens with zero attached hydrogens (tertiary/aromatic N) is 1. The van der Waals surface area contributed by atoms with E-state index < -0.39 is 22.0 Å². The molecule has 1 aliphatic heterocycles. The third-order valence-electron chi connectivity index (χ3n) is 9.02. The maximum Gasteiger partial charge on any atom is 0.339 e. The summed E-state index contributed by atoms with van der Waals surface area (Å²) >= 11 is 5.98. The van der Waals surface area contributed by atoms with E-state index in [2.05, 4.69) is 6.58 Å². The number of carbonyl (C=O) groups excluding carboxylic acids is 2. The second kappa shape index (κ2) is 13.2. The average Bonchev–Trinajstić information content (AvgIpc) is 2.96. The Morgan fingerprint density at radius 3 is 2.06 bits per heavy atom. The van der Waals surface area contributed by atoms with Crippen molar-refractivity contribution in [3.05, 3.63) is 87.7 Å². The molecule has 0 amide bonds. The van der Waals surface area contributed by atoms with Crippen molar-refractivity contribution < 1.29 is 36.8 Å². The van der Waals surface area contributed by atoms with E-state index in [0.717, 1.165) is 11.4 Å². The van der Waals surface area contributed by atoms with Crippen LogP contribution in [0.25, 0.3) is 0 Å². The van der Waals surface area contributed by atoms with Gasteiger partial charge in [-0.05, 0) is 72.9 Å². The molecule has 9 nitrogen and oxygen atoms in total. The molecule has 2 aliphatic carbocycles. The van der Waals surface area contributed by atoms with Crippen LogP contribution in [0.4, 0.5) is 0 Å². The van der Waals surface area contributed by atoms with Crippen LogP contribution >= 0.6 is 11.6 Å². The first kappa shape index (κ1) is 35.4. The summed E-state index contributed by atoms with van der Waals surface area (Å²) in [6, 6.07) is 9.05. The van der Waals surface area contributed by atoms with E-state index in [-0.39, 0.29) is 77.6 Å². The number of carbonyl (C=O) groups is 3. The molecule has 0 fully saturated rings. The number of ketones is 2. The number of hydrogen-bond donors (Lipinski definition) is 1. The van der Waals surface area contributed by atoms with Gasteiger partial charge in [0.1, 0.15) is 4.90 Å². The molecule has 11 heteroatoms. The molecular formula is C37H42ClNO8S. The summed E-state index contributed by atoms with van der Waals surface area (Å²) in [5, 5.41) is 10.0.